The average molecular weight is 264 g/mol. The molecule has 1 unspecified atom stereocenters. The van der Waals surface area contributed by atoms with Crippen molar-refractivity contribution in [2.75, 3.05) is 18.1 Å². The minimum Gasteiger partial charge on any atom is -0.348 e. The first-order chi connectivity index (χ1) is 8.79. The van der Waals surface area contributed by atoms with Crippen LogP contribution in [0, 0.1) is 0 Å². The van der Waals surface area contributed by atoms with Crippen LogP contribution in [0.4, 0.5) is 0 Å². The smallest absolute Gasteiger partial charge is 0.251 e. The molecule has 4 heteroatoms. The van der Waals surface area contributed by atoms with Gasteiger partial charge in [0, 0.05) is 17.4 Å². The SMILES string of the molecule is NCCc1ccc(C(=O)NC2CCCSC2)cc1. The number of carbonyl (C=O) groups is 1. The van der Waals surface area contributed by atoms with E-state index in [1.807, 2.05) is 36.0 Å². The van der Waals surface area contributed by atoms with Crippen LogP contribution >= 0.6 is 11.8 Å². The number of nitrogens with one attached hydrogen (secondary N) is 1. The number of amides is 1. The Morgan fingerprint density at radius 2 is 2.17 bits per heavy atom. The molecule has 1 aromatic carbocycles. The van der Waals surface area contributed by atoms with Crippen LogP contribution < -0.4 is 11.1 Å². The maximum Gasteiger partial charge on any atom is 0.251 e. The van der Waals surface area contributed by atoms with E-state index in [1.165, 1.54) is 17.7 Å². The van der Waals surface area contributed by atoms with Crippen molar-refractivity contribution < 1.29 is 4.79 Å². The van der Waals surface area contributed by atoms with Crippen molar-refractivity contribution in [1.29, 1.82) is 0 Å². The minimum absolute atomic E-state index is 0.0433. The molecular formula is C14H20N2OS. The van der Waals surface area contributed by atoms with Gasteiger partial charge in [0.05, 0.1) is 0 Å². The Morgan fingerprint density at radius 3 is 2.78 bits per heavy atom. The van der Waals surface area contributed by atoms with E-state index in [0.29, 0.717) is 12.6 Å². The van der Waals surface area contributed by atoms with Gasteiger partial charge in [-0.25, -0.2) is 0 Å². The third kappa shape index (κ3) is 3.75. The van der Waals surface area contributed by atoms with E-state index in [4.69, 9.17) is 5.73 Å². The van der Waals surface area contributed by atoms with Crippen LogP contribution in [-0.4, -0.2) is 30.0 Å². The summed E-state index contributed by atoms with van der Waals surface area (Å²) in [6.45, 7) is 0.644. The molecule has 1 aliphatic heterocycles. The predicted molar refractivity (Wildman–Crippen MR) is 77.0 cm³/mol. The van der Waals surface area contributed by atoms with Crippen LogP contribution in [0.2, 0.25) is 0 Å². The molecule has 1 aliphatic rings. The zero-order valence-electron chi connectivity index (χ0n) is 10.5. The summed E-state index contributed by atoms with van der Waals surface area (Å²) in [6.07, 6.45) is 3.16. The van der Waals surface area contributed by atoms with E-state index < -0.39 is 0 Å². The highest BCUT2D eigenvalue weighted by Crippen LogP contribution is 2.17. The number of benzene rings is 1. The van der Waals surface area contributed by atoms with Crippen LogP contribution in [0.5, 0.6) is 0 Å². The van der Waals surface area contributed by atoms with Gasteiger partial charge in [-0.3, -0.25) is 4.79 Å². The van der Waals surface area contributed by atoms with Gasteiger partial charge >= 0.3 is 0 Å². The second-order valence-corrected chi connectivity index (χ2v) is 5.77. The van der Waals surface area contributed by atoms with Gasteiger partial charge in [0.15, 0.2) is 0 Å². The minimum atomic E-state index is 0.0433. The van der Waals surface area contributed by atoms with Crippen LogP contribution in [0.1, 0.15) is 28.8 Å². The van der Waals surface area contributed by atoms with Gasteiger partial charge in [-0.05, 0) is 49.3 Å². The highest BCUT2D eigenvalue weighted by Gasteiger charge is 2.16. The first-order valence-electron chi connectivity index (χ1n) is 6.47. The van der Waals surface area contributed by atoms with Gasteiger partial charge in [0.25, 0.3) is 5.91 Å². The van der Waals surface area contributed by atoms with Gasteiger partial charge in [-0.1, -0.05) is 12.1 Å². The lowest BCUT2D eigenvalue weighted by Crippen LogP contribution is -2.38. The van der Waals surface area contributed by atoms with E-state index in [9.17, 15) is 4.79 Å². The van der Waals surface area contributed by atoms with Crippen LogP contribution in [0.25, 0.3) is 0 Å². The fourth-order valence-corrected chi connectivity index (χ4v) is 3.18. The quantitative estimate of drug-likeness (QED) is 0.872. The van der Waals surface area contributed by atoms with Gasteiger partial charge in [0.2, 0.25) is 0 Å². The molecule has 0 saturated carbocycles. The molecule has 1 fully saturated rings. The van der Waals surface area contributed by atoms with Crippen LogP contribution in [0.3, 0.4) is 0 Å². The maximum absolute atomic E-state index is 12.0. The van der Waals surface area contributed by atoms with Gasteiger partial charge in [-0.15, -0.1) is 0 Å². The normalized spacial score (nSPS) is 19.5. The molecule has 3 N–H and O–H groups in total. The summed E-state index contributed by atoms with van der Waals surface area (Å²) in [5, 5.41) is 3.10. The van der Waals surface area contributed by atoms with Crippen molar-refractivity contribution >= 4 is 17.7 Å². The molecule has 1 aromatic rings. The molecule has 0 spiro atoms. The van der Waals surface area contributed by atoms with Crippen molar-refractivity contribution in [3.63, 3.8) is 0 Å². The molecule has 0 bridgehead atoms. The molecule has 18 heavy (non-hydrogen) atoms. The lowest BCUT2D eigenvalue weighted by atomic mass is 10.1. The molecule has 2 rings (SSSR count). The molecule has 3 nitrogen and oxygen atoms in total. The van der Waals surface area contributed by atoms with Gasteiger partial charge in [0.1, 0.15) is 0 Å². The van der Waals surface area contributed by atoms with Crippen molar-refractivity contribution in [2.45, 2.75) is 25.3 Å². The fourth-order valence-electron chi connectivity index (χ4n) is 2.11. The lowest BCUT2D eigenvalue weighted by molar-refractivity contribution is 0.0938. The fraction of sp³-hybridized carbons (Fsp3) is 0.500. The highest BCUT2D eigenvalue weighted by molar-refractivity contribution is 7.99. The number of hydrogen-bond donors (Lipinski definition) is 2. The number of thioether (sulfide) groups is 1. The van der Waals surface area contributed by atoms with Crippen molar-refractivity contribution in [2.24, 2.45) is 5.73 Å². The van der Waals surface area contributed by atoms with E-state index in [0.717, 1.165) is 24.2 Å². The lowest BCUT2D eigenvalue weighted by Gasteiger charge is -2.22. The highest BCUT2D eigenvalue weighted by atomic mass is 32.2. The van der Waals surface area contributed by atoms with E-state index in [-0.39, 0.29) is 5.91 Å². The summed E-state index contributed by atoms with van der Waals surface area (Å²) < 4.78 is 0. The Hall–Kier alpha value is -1.00. The van der Waals surface area contributed by atoms with Crippen LogP contribution in [-0.2, 0) is 6.42 Å². The van der Waals surface area contributed by atoms with E-state index >= 15 is 0 Å². The first-order valence-corrected chi connectivity index (χ1v) is 7.62. The van der Waals surface area contributed by atoms with Crippen molar-refractivity contribution in [3.05, 3.63) is 35.4 Å². The molecule has 1 heterocycles. The maximum atomic E-state index is 12.0. The summed E-state index contributed by atoms with van der Waals surface area (Å²) in [4.78, 5) is 12.0. The van der Waals surface area contributed by atoms with E-state index in [1.54, 1.807) is 0 Å². The zero-order chi connectivity index (χ0) is 12.8. The summed E-state index contributed by atoms with van der Waals surface area (Å²) >= 11 is 1.92. The van der Waals surface area contributed by atoms with Crippen LogP contribution in [0.15, 0.2) is 24.3 Å². The topological polar surface area (TPSA) is 55.1 Å². The number of rotatable bonds is 4. The number of nitrogens with two attached hydrogens (primary N) is 1. The zero-order valence-corrected chi connectivity index (χ0v) is 11.3. The standard InChI is InChI=1S/C14H20N2OS/c15-8-7-11-3-5-12(6-4-11)14(17)16-13-2-1-9-18-10-13/h3-6,13H,1-2,7-10,15H2,(H,16,17). The average Bonchev–Trinajstić information content (AvgIpc) is 2.41. The number of carbonyl (C=O) groups excluding carboxylic acids is 1. The Labute approximate surface area is 113 Å². The Bertz CT molecular complexity index is 385. The first kappa shape index (κ1) is 13.4. The monoisotopic (exact) mass is 264 g/mol. The van der Waals surface area contributed by atoms with E-state index in [2.05, 4.69) is 5.32 Å². The largest absolute Gasteiger partial charge is 0.348 e. The summed E-state index contributed by atoms with van der Waals surface area (Å²) in [6, 6.07) is 8.07. The molecule has 0 aromatic heterocycles. The second-order valence-electron chi connectivity index (χ2n) is 4.62. The Kier molecular flexibility index (Phi) is 5.08. The molecule has 0 radical (unpaired) electrons. The third-order valence-corrected chi connectivity index (χ3v) is 4.36. The van der Waals surface area contributed by atoms with Gasteiger partial charge in [-0.2, -0.15) is 11.8 Å². The van der Waals surface area contributed by atoms with Crippen molar-refractivity contribution in [1.82, 2.24) is 5.32 Å². The molecular weight excluding hydrogens is 244 g/mol. The third-order valence-electron chi connectivity index (χ3n) is 3.14. The van der Waals surface area contributed by atoms with Crippen molar-refractivity contribution in [3.8, 4) is 0 Å². The predicted octanol–water partition coefficient (Wildman–Crippen LogP) is 1.81. The molecule has 1 atom stereocenters. The Balaban J connectivity index is 1.91. The summed E-state index contributed by atoms with van der Waals surface area (Å²) in [5.74, 6) is 2.30. The summed E-state index contributed by atoms with van der Waals surface area (Å²) in [5.41, 5.74) is 7.43. The second kappa shape index (κ2) is 6.81. The molecule has 0 aliphatic carbocycles. The molecule has 1 amide bonds. The molecule has 98 valence electrons. The van der Waals surface area contributed by atoms with Gasteiger partial charge < -0.3 is 11.1 Å². The Morgan fingerprint density at radius 1 is 1.39 bits per heavy atom. The molecule has 1 saturated heterocycles. The number of hydrogen-bond acceptors (Lipinski definition) is 3. The summed E-state index contributed by atoms with van der Waals surface area (Å²) in [7, 11) is 0.